The summed E-state index contributed by atoms with van der Waals surface area (Å²) in [5.74, 6) is 0.329. The molecule has 1 aliphatic rings. The van der Waals surface area contributed by atoms with Crippen LogP contribution in [0.3, 0.4) is 0 Å². The van der Waals surface area contributed by atoms with Gasteiger partial charge in [0.15, 0.2) is 6.29 Å². The number of hydrogen-bond acceptors (Lipinski definition) is 3. The number of methoxy groups -OCH3 is 1. The molecule has 0 radical (unpaired) electrons. The third-order valence-corrected chi connectivity index (χ3v) is 3.70. The summed E-state index contributed by atoms with van der Waals surface area (Å²) >= 11 is 0. The van der Waals surface area contributed by atoms with Crippen molar-refractivity contribution >= 4 is 12.4 Å². The molecular weight excluding hydrogens is 265 g/mol. The summed E-state index contributed by atoms with van der Waals surface area (Å²) in [4.78, 5) is 22.9. The Labute approximate surface area is 116 Å². The van der Waals surface area contributed by atoms with E-state index in [9.17, 15) is 14.0 Å². The monoisotopic (exact) mass is 281 g/mol. The summed E-state index contributed by atoms with van der Waals surface area (Å²) in [7, 11) is 1.42. The molecule has 2 rings (SSSR count). The first-order valence-corrected chi connectivity index (χ1v) is 6.30. The van der Waals surface area contributed by atoms with Crippen molar-refractivity contribution in [3.63, 3.8) is 0 Å². The maximum atomic E-state index is 14.9. The lowest BCUT2D eigenvalue weighted by Crippen LogP contribution is -2.42. The minimum Gasteiger partial charge on any atom is -0.496 e. The van der Waals surface area contributed by atoms with Crippen LogP contribution in [0.25, 0.3) is 0 Å². The molecule has 0 spiro atoms. The van der Waals surface area contributed by atoms with E-state index in [1.807, 2.05) is 0 Å². The lowest BCUT2D eigenvalue weighted by molar-refractivity contribution is 0.0549. The molecule has 1 amide bonds. The van der Waals surface area contributed by atoms with Crippen molar-refractivity contribution < 1.29 is 23.8 Å². The van der Waals surface area contributed by atoms with Gasteiger partial charge < -0.3 is 14.7 Å². The van der Waals surface area contributed by atoms with Crippen LogP contribution in [0.4, 0.5) is 9.18 Å². The molecule has 1 saturated heterocycles. The average Bonchev–Trinajstić information content (AvgIpc) is 2.46. The molecule has 0 aromatic heterocycles. The number of carboxylic acid groups (broad SMARTS) is 1. The van der Waals surface area contributed by atoms with E-state index >= 15 is 0 Å². The molecule has 0 aliphatic carbocycles. The number of piperidine rings is 1. The number of nitrogens with zero attached hydrogens (tertiary/aromatic N) is 1. The van der Waals surface area contributed by atoms with Crippen LogP contribution in [0, 0.1) is 0 Å². The van der Waals surface area contributed by atoms with Gasteiger partial charge in [-0.15, -0.1) is 0 Å². The molecule has 1 aromatic carbocycles. The van der Waals surface area contributed by atoms with Crippen molar-refractivity contribution in [1.29, 1.82) is 0 Å². The zero-order valence-corrected chi connectivity index (χ0v) is 11.1. The van der Waals surface area contributed by atoms with Crippen molar-refractivity contribution in [2.75, 3.05) is 20.2 Å². The Morgan fingerprint density at radius 3 is 2.60 bits per heavy atom. The van der Waals surface area contributed by atoms with Gasteiger partial charge in [0.1, 0.15) is 11.4 Å². The molecule has 0 saturated carbocycles. The van der Waals surface area contributed by atoms with Gasteiger partial charge in [0.2, 0.25) is 0 Å². The molecule has 1 N–H and O–H groups in total. The van der Waals surface area contributed by atoms with Crippen LogP contribution >= 0.6 is 0 Å². The Morgan fingerprint density at radius 2 is 2.10 bits per heavy atom. The Kier molecular flexibility index (Phi) is 3.92. The Balaban J connectivity index is 2.23. The summed E-state index contributed by atoms with van der Waals surface area (Å²) in [6.07, 6.45) is -0.173. The Hall–Kier alpha value is -2.11. The number of benzene rings is 1. The zero-order valence-electron chi connectivity index (χ0n) is 11.1. The van der Waals surface area contributed by atoms with E-state index in [1.54, 1.807) is 6.07 Å². The first kappa shape index (κ1) is 14.3. The van der Waals surface area contributed by atoms with Gasteiger partial charge in [-0.2, -0.15) is 0 Å². The van der Waals surface area contributed by atoms with E-state index < -0.39 is 11.8 Å². The highest BCUT2D eigenvalue weighted by Gasteiger charge is 2.38. The number of rotatable bonds is 3. The van der Waals surface area contributed by atoms with Crippen molar-refractivity contribution in [2.24, 2.45) is 0 Å². The second-order valence-electron chi connectivity index (χ2n) is 4.81. The number of hydrogen-bond donors (Lipinski definition) is 1. The van der Waals surface area contributed by atoms with Crippen LogP contribution in [0.2, 0.25) is 0 Å². The highest BCUT2D eigenvalue weighted by Crippen LogP contribution is 2.38. The fourth-order valence-corrected chi connectivity index (χ4v) is 2.43. The Morgan fingerprint density at radius 1 is 1.45 bits per heavy atom. The number of ether oxygens (including phenoxy) is 1. The molecule has 1 heterocycles. The molecule has 0 unspecified atom stereocenters. The van der Waals surface area contributed by atoms with Crippen molar-refractivity contribution in [3.8, 4) is 5.75 Å². The predicted molar refractivity (Wildman–Crippen MR) is 70.0 cm³/mol. The average molecular weight is 281 g/mol. The molecule has 1 fully saturated rings. The Bertz CT molecular complexity index is 524. The van der Waals surface area contributed by atoms with E-state index in [4.69, 9.17) is 9.84 Å². The van der Waals surface area contributed by atoms with Crippen LogP contribution in [-0.4, -0.2) is 42.6 Å². The quantitative estimate of drug-likeness (QED) is 0.864. The van der Waals surface area contributed by atoms with Crippen LogP contribution in [-0.2, 0) is 5.67 Å². The molecule has 0 bridgehead atoms. The molecule has 20 heavy (non-hydrogen) atoms. The molecule has 108 valence electrons. The maximum absolute atomic E-state index is 14.9. The van der Waals surface area contributed by atoms with Gasteiger partial charge in [-0.3, -0.25) is 4.79 Å². The van der Waals surface area contributed by atoms with Gasteiger partial charge >= 0.3 is 6.09 Å². The minimum atomic E-state index is -1.58. The fraction of sp³-hybridized carbons (Fsp3) is 0.429. The number of carbonyl (C=O) groups is 2. The van der Waals surface area contributed by atoms with Gasteiger partial charge in [-0.05, 0) is 17.7 Å². The largest absolute Gasteiger partial charge is 0.496 e. The second-order valence-corrected chi connectivity index (χ2v) is 4.81. The van der Waals surface area contributed by atoms with E-state index in [0.717, 1.165) is 0 Å². The number of aldehydes is 1. The van der Waals surface area contributed by atoms with Gasteiger partial charge in [0, 0.05) is 25.9 Å². The van der Waals surface area contributed by atoms with Crippen molar-refractivity contribution in [2.45, 2.75) is 18.5 Å². The smallest absolute Gasteiger partial charge is 0.407 e. The lowest BCUT2D eigenvalue weighted by atomic mass is 9.85. The number of likely N-dealkylation sites (tertiary alicyclic amines) is 1. The van der Waals surface area contributed by atoms with Gasteiger partial charge in [0.05, 0.1) is 12.7 Å². The lowest BCUT2D eigenvalue weighted by Gasteiger charge is -2.35. The van der Waals surface area contributed by atoms with Gasteiger partial charge in [-0.1, -0.05) is 6.07 Å². The van der Waals surface area contributed by atoms with Gasteiger partial charge in [-0.25, -0.2) is 9.18 Å². The van der Waals surface area contributed by atoms with Crippen LogP contribution in [0.5, 0.6) is 5.75 Å². The first-order chi connectivity index (χ1) is 9.50. The molecular formula is C14H16FNO4. The van der Waals surface area contributed by atoms with E-state index in [0.29, 0.717) is 23.2 Å². The zero-order chi connectivity index (χ0) is 14.8. The van der Waals surface area contributed by atoms with Crippen LogP contribution in [0.15, 0.2) is 18.2 Å². The molecule has 1 aromatic rings. The summed E-state index contributed by atoms with van der Waals surface area (Å²) < 4.78 is 20.0. The van der Waals surface area contributed by atoms with E-state index in [1.165, 1.54) is 24.1 Å². The maximum Gasteiger partial charge on any atom is 0.407 e. The summed E-state index contributed by atoms with van der Waals surface area (Å²) in [6, 6.07) is 4.59. The normalized spacial score (nSPS) is 17.6. The molecule has 0 atom stereocenters. The molecule has 6 heteroatoms. The number of alkyl halides is 1. The number of halogens is 1. The number of carbonyl (C=O) groups excluding carboxylic acids is 1. The van der Waals surface area contributed by atoms with Crippen molar-refractivity contribution in [3.05, 3.63) is 29.3 Å². The highest BCUT2D eigenvalue weighted by atomic mass is 19.1. The first-order valence-electron chi connectivity index (χ1n) is 6.30. The minimum absolute atomic E-state index is 0.100. The summed E-state index contributed by atoms with van der Waals surface area (Å²) in [5.41, 5.74) is -0.798. The standard InChI is InChI=1S/C14H16FNO4/c1-20-12-8-11(3-2-10(12)9-17)14(15)4-6-16(7-5-14)13(18)19/h2-3,8-9H,4-7H2,1H3,(H,18,19). The van der Waals surface area contributed by atoms with Crippen LogP contribution < -0.4 is 4.74 Å². The SMILES string of the molecule is COc1cc(C2(F)CCN(C(=O)O)CC2)ccc1C=O. The van der Waals surface area contributed by atoms with E-state index in [2.05, 4.69) is 0 Å². The summed E-state index contributed by atoms with van der Waals surface area (Å²) in [6.45, 7) is 0.313. The topological polar surface area (TPSA) is 66.8 Å². The highest BCUT2D eigenvalue weighted by molar-refractivity contribution is 5.79. The fourth-order valence-electron chi connectivity index (χ4n) is 2.43. The third-order valence-electron chi connectivity index (χ3n) is 3.70. The predicted octanol–water partition coefficient (Wildman–Crippen LogP) is 2.45. The molecule has 1 aliphatic heterocycles. The van der Waals surface area contributed by atoms with Gasteiger partial charge in [0.25, 0.3) is 0 Å². The third kappa shape index (κ3) is 2.59. The van der Waals surface area contributed by atoms with E-state index in [-0.39, 0.29) is 25.9 Å². The summed E-state index contributed by atoms with van der Waals surface area (Å²) in [5, 5.41) is 8.87. The molecule has 5 nitrogen and oxygen atoms in total. The number of amides is 1. The van der Waals surface area contributed by atoms with Crippen molar-refractivity contribution in [1.82, 2.24) is 4.90 Å². The second kappa shape index (κ2) is 5.48. The van der Waals surface area contributed by atoms with Crippen LogP contribution in [0.1, 0.15) is 28.8 Å².